The van der Waals surface area contributed by atoms with E-state index in [0.29, 0.717) is 16.4 Å². The second kappa shape index (κ2) is 8.61. The maximum absolute atomic E-state index is 12.4. The molecule has 0 aliphatic heterocycles. The zero-order chi connectivity index (χ0) is 19.2. The number of benzene rings is 2. The summed E-state index contributed by atoms with van der Waals surface area (Å²) >= 11 is 6.61. The van der Waals surface area contributed by atoms with Crippen LogP contribution in [0.3, 0.4) is 0 Å². The van der Waals surface area contributed by atoms with E-state index < -0.39 is 0 Å². The molecule has 0 aliphatic carbocycles. The number of hydrogen-bond donors (Lipinski definition) is 2. The minimum atomic E-state index is -0.350. The van der Waals surface area contributed by atoms with E-state index in [2.05, 4.69) is 15.6 Å². The molecule has 0 atom stereocenters. The average molecular weight is 399 g/mol. The van der Waals surface area contributed by atoms with Crippen LogP contribution in [0.1, 0.15) is 10.4 Å². The Bertz CT molecular complexity index is 955. The van der Waals surface area contributed by atoms with Crippen molar-refractivity contribution >= 4 is 39.7 Å². The Balaban J connectivity index is 1.64. The fourth-order valence-corrected chi connectivity index (χ4v) is 3.33. The Morgan fingerprint density at radius 1 is 1.07 bits per heavy atom. The maximum Gasteiger partial charge on any atom is 0.261 e. The van der Waals surface area contributed by atoms with Gasteiger partial charge in [0.15, 0.2) is 10.2 Å². The van der Waals surface area contributed by atoms with Gasteiger partial charge < -0.3 is 14.8 Å². The zero-order valence-electron chi connectivity index (χ0n) is 14.7. The van der Waals surface area contributed by atoms with Crippen LogP contribution >= 0.6 is 23.6 Å². The van der Waals surface area contributed by atoms with E-state index in [4.69, 9.17) is 21.7 Å². The zero-order valence-corrected chi connectivity index (χ0v) is 16.3. The Morgan fingerprint density at radius 2 is 1.81 bits per heavy atom. The summed E-state index contributed by atoms with van der Waals surface area (Å²) in [6.07, 6.45) is 0. The number of methoxy groups -OCH3 is 2. The summed E-state index contributed by atoms with van der Waals surface area (Å²) in [5, 5.41) is 8.24. The molecule has 0 spiro atoms. The minimum absolute atomic E-state index is 0.168. The molecule has 1 heterocycles. The molecule has 0 saturated heterocycles. The van der Waals surface area contributed by atoms with E-state index >= 15 is 0 Å². The fraction of sp³-hybridized carbons (Fsp3) is 0.105. The Labute approximate surface area is 166 Å². The van der Waals surface area contributed by atoms with Crippen molar-refractivity contribution in [2.45, 2.75) is 0 Å². The smallest absolute Gasteiger partial charge is 0.261 e. The lowest BCUT2D eigenvalue weighted by Crippen LogP contribution is -2.34. The van der Waals surface area contributed by atoms with Crippen LogP contribution < -0.4 is 20.1 Å². The van der Waals surface area contributed by atoms with Crippen molar-refractivity contribution in [2.24, 2.45) is 0 Å². The first-order valence-electron chi connectivity index (χ1n) is 7.96. The van der Waals surface area contributed by atoms with Gasteiger partial charge in [0.05, 0.1) is 25.5 Å². The van der Waals surface area contributed by atoms with Crippen molar-refractivity contribution in [1.29, 1.82) is 0 Å². The summed E-state index contributed by atoms with van der Waals surface area (Å²) in [6.45, 7) is 0. The van der Waals surface area contributed by atoms with Gasteiger partial charge in [-0.15, -0.1) is 11.3 Å². The van der Waals surface area contributed by atoms with E-state index in [1.165, 1.54) is 18.4 Å². The van der Waals surface area contributed by atoms with Gasteiger partial charge in [0.2, 0.25) is 0 Å². The summed E-state index contributed by atoms with van der Waals surface area (Å²) in [5.74, 6) is 0.915. The predicted octanol–water partition coefficient (Wildman–Crippen LogP) is 3.95. The number of thiocarbonyl (C=S) groups is 1. The van der Waals surface area contributed by atoms with Gasteiger partial charge in [0.25, 0.3) is 5.91 Å². The molecule has 138 valence electrons. The molecule has 0 fully saturated rings. The van der Waals surface area contributed by atoms with Gasteiger partial charge in [-0.3, -0.25) is 10.1 Å². The number of rotatable bonds is 5. The fourth-order valence-electron chi connectivity index (χ4n) is 2.36. The van der Waals surface area contributed by atoms with Gasteiger partial charge in [-0.25, -0.2) is 4.98 Å². The number of amides is 1. The van der Waals surface area contributed by atoms with Gasteiger partial charge in [-0.1, -0.05) is 12.1 Å². The van der Waals surface area contributed by atoms with Crippen LogP contribution in [0.5, 0.6) is 11.5 Å². The van der Waals surface area contributed by atoms with E-state index in [0.717, 1.165) is 17.0 Å². The third-order valence-corrected chi connectivity index (χ3v) is 4.65. The summed E-state index contributed by atoms with van der Waals surface area (Å²) in [5.41, 5.74) is 2.18. The highest BCUT2D eigenvalue weighted by molar-refractivity contribution is 7.80. The molecule has 27 heavy (non-hydrogen) atoms. The molecule has 0 aliphatic rings. The third-order valence-electron chi connectivity index (χ3n) is 3.69. The standard InChI is InChI=1S/C19H17N3O3S2/c1-24-13-9-7-12(8-10-13)15-11-27-19(20-15)22-18(26)21-17(23)14-5-3-4-6-16(14)25-2/h3-11H,1-2H3,(H2,20,21,22,23,26). The first-order valence-corrected chi connectivity index (χ1v) is 9.25. The van der Waals surface area contributed by atoms with Crippen LogP contribution in [-0.2, 0) is 0 Å². The van der Waals surface area contributed by atoms with Crippen molar-refractivity contribution in [2.75, 3.05) is 19.5 Å². The number of hydrogen-bond acceptors (Lipinski definition) is 6. The first kappa shape index (κ1) is 18.8. The van der Waals surface area contributed by atoms with Gasteiger partial charge in [0.1, 0.15) is 11.5 Å². The molecule has 0 radical (unpaired) electrons. The number of nitrogens with one attached hydrogen (secondary N) is 2. The number of ether oxygens (including phenoxy) is 2. The van der Waals surface area contributed by atoms with Crippen molar-refractivity contribution in [3.8, 4) is 22.8 Å². The number of thiazole rings is 1. The normalized spacial score (nSPS) is 10.1. The molecule has 0 bridgehead atoms. The number of carbonyl (C=O) groups is 1. The molecule has 1 aromatic heterocycles. The molecule has 0 saturated carbocycles. The molecule has 3 rings (SSSR count). The van der Waals surface area contributed by atoms with Gasteiger partial charge >= 0.3 is 0 Å². The van der Waals surface area contributed by atoms with Crippen LogP contribution in [0, 0.1) is 0 Å². The van der Waals surface area contributed by atoms with Crippen molar-refractivity contribution in [1.82, 2.24) is 10.3 Å². The summed E-state index contributed by atoms with van der Waals surface area (Å²) < 4.78 is 10.3. The van der Waals surface area contributed by atoms with E-state index in [1.807, 2.05) is 29.6 Å². The first-order chi connectivity index (χ1) is 13.1. The molecule has 0 unspecified atom stereocenters. The highest BCUT2D eigenvalue weighted by atomic mass is 32.1. The number of nitrogens with zero attached hydrogens (tertiary/aromatic N) is 1. The van der Waals surface area contributed by atoms with E-state index in [-0.39, 0.29) is 11.0 Å². The number of aromatic nitrogens is 1. The van der Waals surface area contributed by atoms with Crippen LogP contribution in [0.25, 0.3) is 11.3 Å². The van der Waals surface area contributed by atoms with Crippen molar-refractivity contribution in [3.05, 3.63) is 59.5 Å². The number of carbonyl (C=O) groups excluding carboxylic acids is 1. The van der Waals surface area contributed by atoms with Crippen molar-refractivity contribution in [3.63, 3.8) is 0 Å². The van der Waals surface area contributed by atoms with Gasteiger partial charge in [-0.05, 0) is 48.6 Å². The molecule has 3 aromatic rings. The summed E-state index contributed by atoms with van der Waals surface area (Å²) in [7, 11) is 3.14. The lowest BCUT2D eigenvalue weighted by atomic mass is 10.2. The molecular formula is C19H17N3O3S2. The lowest BCUT2D eigenvalue weighted by molar-refractivity contribution is 0.0975. The number of anilines is 1. The Morgan fingerprint density at radius 3 is 2.52 bits per heavy atom. The quantitative estimate of drug-likeness (QED) is 0.633. The molecular weight excluding hydrogens is 382 g/mol. The van der Waals surface area contributed by atoms with Crippen LogP contribution in [0.2, 0.25) is 0 Å². The van der Waals surface area contributed by atoms with Crippen LogP contribution in [0.4, 0.5) is 5.13 Å². The van der Waals surface area contributed by atoms with Gasteiger partial charge in [0, 0.05) is 10.9 Å². The average Bonchev–Trinajstić information content (AvgIpc) is 3.16. The lowest BCUT2D eigenvalue weighted by Gasteiger charge is -2.10. The van der Waals surface area contributed by atoms with Crippen LogP contribution in [0.15, 0.2) is 53.9 Å². The topological polar surface area (TPSA) is 72.5 Å². The molecule has 2 N–H and O–H groups in total. The SMILES string of the molecule is COc1ccc(-c2csc(NC(=S)NC(=O)c3ccccc3OC)n2)cc1. The second-order valence-corrected chi connectivity index (χ2v) is 6.64. The highest BCUT2D eigenvalue weighted by Gasteiger charge is 2.14. The second-order valence-electron chi connectivity index (χ2n) is 5.37. The van der Waals surface area contributed by atoms with Gasteiger partial charge in [-0.2, -0.15) is 0 Å². The molecule has 6 nitrogen and oxygen atoms in total. The summed E-state index contributed by atoms with van der Waals surface area (Å²) in [6, 6.07) is 14.5. The highest BCUT2D eigenvalue weighted by Crippen LogP contribution is 2.26. The minimum Gasteiger partial charge on any atom is -0.497 e. The summed E-state index contributed by atoms with van der Waals surface area (Å²) in [4.78, 5) is 16.9. The molecule has 1 amide bonds. The van der Waals surface area contributed by atoms with Crippen LogP contribution in [-0.4, -0.2) is 30.2 Å². The predicted molar refractivity (Wildman–Crippen MR) is 111 cm³/mol. The largest absolute Gasteiger partial charge is 0.497 e. The molecule has 8 heteroatoms. The third kappa shape index (κ3) is 4.60. The van der Waals surface area contributed by atoms with E-state index in [1.54, 1.807) is 31.4 Å². The Kier molecular flexibility index (Phi) is 6.00. The molecule has 2 aromatic carbocycles. The van der Waals surface area contributed by atoms with Crippen molar-refractivity contribution < 1.29 is 14.3 Å². The maximum atomic E-state index is 12.4. The number of para-hydroxylation sites is 1. The van der Waals surface area contributed by atoms with E-state index in [9.17, 15) is 4.79 Å². The Hall–Kier alpha value is -2.97. The monoisotopic (exact) mass is 399 g/mol.